The first-order chi connectivity index (χ1) is 12.0. The molecule has 1 heterocycles. The summed E-state index contributed by atoms with van der Waals surface area (Å²) < 4.78 is 11.2. The fraction of sp³-hybridized carbons (Fsp3) is 0.176. The Balaban J connectivity index is 1.99. The third-order valence-corrected chi connectivity index (χ3v) is 3.68. The molecule has 0 N–H and O–H groups in total. The predicted molar refractivity (Wildman–Crippen MR) is 89.0 cm³/mol. The lowest BCUT2D eigenvalue weighted by atomic mass is 10.1. The molecular formula is C17H15N3O5. The van der Waals surface area contributed by atoms with E-state index < -0.39 is 11.2 Å². The maximum Gasteiger partial charge on any atom is 0.270 e. The summed E-state index contributed by atoms with van der Waals surface area (Å²) in [6.07, 6.45) is -0.803. The summed E-state index contributed by atoms with van der Waals surface area (Å²) in [5.41, 5.74) is 0.959. The molecular weight excluding hydrogens is 326 g/mol. The van der Waals surface area contributed by atoms with Crippen LogP contribution >= 0.6 is 0 Å². The Morgan fingerprint density at radius 1 is 1.28 bits per heavy atom. The Kier molecular flexibility index (Phi) is 4.34. The molecule has 1 amide bonds. The highest BCUT2D eigenvalue weighted by molar-refractivity contribution is 5.96. The van der Waals surface area contributed by atoms with E-state index in [-0.39, 0.29) is 17.5 Å². The Morgan fingerprint density at radius 3 is 2.72 bits per heavy atom. The Bertz CT molecular complexity index is 865. The summed E-state index contributed by atoms with van der Waals surface area (Å²) in [5, 5.41) is 16.3. The van der Waals surface area contributed by atoms with E-state index in [1.54, 1.807) is 30.3 Å². The topological polar surface area (TPSA) is 94.3 Å². The van der Waals surface area contributed by atoms with E-state index >= 15 is 0 Å². The molecule has 0 aromatic heterocycles. The van der Waals surface area contributed by atoms with Gasteiger partial charge in [-0.3, -0.25) is 14.9 Å². The summed E-state index contributed by atoms with van der Waals surface area (Å²) in [5.74, 6) is 0.361. The smallest absolute Gasteiger partial charge is 0.270 e. The van der Waals surface area contributed by atoms with Gasteiger partial charge < -0.3 is 9.47 Å². The first-order valence-corrected chi connectivity index (χ1v) is 7.44. The average Bonchev–Trinajstić information content (AvgIpc) is 3.07. The van der Waals surface area contributed by atoms with Crippen molar-refractivity contribution in [3.63, 3.8) is 0 Å². The molecule has 128 valence electrons. The number of hydrazone groups is 1. The van der Waals surface area contributed by atoms with Crippen LogP contribution in [0.4, 0.5) is 5.69 Å². The van der Waals surface area contributed by atoms with Gasteiger partial charge in [-0.2, -0.15) is 5.01 Å². The maximum atomic E-state index is 12.0. The van der Waals surface area contributed by atoms with Crippen molar-refractivity contribution in [2.45, 2.75) is 13.2 Å². The van der Waals surface area contributed by atoms with Crippen molar-refractivity contribution in [3.05, 3.63) is 69.8 Å². The molecule has 3 rings (SSSR count). The van der Waals surface area contributed by atoms with Gasteiger partial charge in [0.1, 0.15) is 5.75 Å². The molecule has 1 aliphatic heterocycles. The highest BCUT2D eigenvalue weighted by Crippen LogP contribution is 2.35. The zero-order valence-electron chi connectivity index (χ0n) is 13.6. The molecule has 0 aliphatic carbocycles. The van der Waals surface area contributed by atoms with Crippen molar-refractivity contribution in [1.29, 1.82) is 0 Å². The van der Waals surface area contributed by atoms with Gasteiger partial charge in [-0.1, -0.05) is 18.2 Å². The number of benzene rings is 2. The van der Waals surface area contributed by atoms with Crippen molar-refractivity contribution >= 4 is 17.5 Å². The van der Waals surface area contributed by atoms with E-state index in [4.69, 9.17) is 9.47 Å². The largest absolute Gasteiger partial charge is 0.496 e. The van der Waals surface area contributed by atoms with Crippen molar-refractivity contribution in [2.75, 3.05) is 7.11 Å². The summed E-state index contributed by atoms with van der Waals surface area (Å²) in [7, 11) is 1.52. The second-order valence-electron chi connectivity index (χ2n) is 5.29. The second kappa shape index (κ2) is 6.60. The van der Waals surface area contributed by atoms with Gasteiger partial charge in [0.05, 0.1) is 17.6 Å². The number of para-hydroxylation sites is 1. The molecule has 8 heteroatoms. The van der Waals surface area contributed by atoms with Crippen LogP contribution in [-0.4, -0.2) is 28.8 Å². The average molecular weight is 341 g/mol. The lowest BCUT2D eigenvalue weighted by molar-refractivity contribution is -0.384. The van der Waals surface area contributed by atoms with Crippen LogP contribution in [-0.2, 0) is 9.53 Å². The lowest BCUT2D eigenvalue weighted by Gasteiger charge is -2.21. The highest BCUT2D eigenvalue weighted by atomic mass is 16.6. The number of hydrogen-bond donors (Lipinski definition) is 0. The highest BCUT2D eigenvalue weighted by Gasteiger charge is 2.35. The van der Waals surface area contributed by atoms with Crippen LogP contribution in [0.3, 0.4) is 0 Å². The number of nitrogens with zero attached hydrogens (tertiary/aromatic N) is 3. The van der Waals surface area contributed by atoms with E-state index in [1.807, 2.05) is 0 Å². The van der Waals surface area contributed by atoms with Crippen molar-refractivity contribution in [1.82, 2.24) is 5.01 Å². The number of nitro groups is 1. The number of hydrogen-bond acceptors (Lipinski definition) is 6. The summed E-state index contributed by atoms with van der Waals surface area (Å²) in [4.78, 5) is 22.4. The molecule has 0 unspecified atom stereocenters. The minimum Gasteiger partial charge on any atom is -0.496 e. The first-order valence-electron chi connectivity index (χ1n) is 7.44. The molecule has 0 bridgehead atoms. The van der Waals surface area contributed by atoms with E-state index in [9.17, 15) is 14.9 Å². The van der Waals surface area contributed by atoms with Crippen LogP contribution in [0.25, 0.3) is 0 Å². The number of ether oxygens (including phenoxy) is 2. The van der Waals surface area contributed by atoms with Crippen LogP contribution in [0.2, 0.25) is 0 Å². The van der Waals surface area contributed by atoms with Crippen LogP contribution < -0.4 is 4.74 Å². The van der Waals surface area contributed by atoms with E-state index in [2.05, 4.69) is 5.10 Å². The molecule has 1 atom stereocenters. The Hall–Kier alpha value is -3.42. The first kappa shape index (κ1) is 16.4. The Labute approximate surface area is 143 Å². The number of amides is 1. The quantitative estimate of drug-likeness (QED) is 0.629. The molecule has 2 aromatic carbocycles. The SMILES string of the molecule is COc1ccccc1[C@@H]1OC(c2cccc([N+](=O)[O-])c2)=NN1C(C)=O. The molecule has 1 aliphatic rings. The van der Waals surface area contributed by atoms with Crippen LogP contribution in [0.1, 0.15) is 24.3 Å². The monoisotopic (exact) mass is 341 g/mol. The number of carbonyl (C=O) groups excluding carboxylic acids is 1. The normalized spacial score (nSPS) is 16.2. The molecule has 0 saturated carbocycles. The number of nitro benzene ring substituents is 1. The Morgan fingerprint density at radius 2 is 2.04 bits per heavy atom. The van der Waals surface area contributed by atoms with Gasteiger partial charge >= 0.3 is 0 Å². The zero-order valence-corrected chi connectivity index (χ0v) is 13.6. The molecule has 0 saturated heterocycles. The molecule has 0 radical (unpaired) electrons. The third-order valence-electron chi connectivity index (χ3n) is 3.68. The molecule has 2 aromatic rings. The number of methoxy groups -OCH3 is 1. The molecule has 0 fully saturated rings. The fourth-order valence-corrected chi connectivity index (χ4v) is 2.51. The van der Waals surface area contributed by atoms with Crippen LogP contribution in [0.5, 0.6) is 5.75 Å². The number of rotatable bonds is 4. The van der Waals surface area contributed by atoms with Gasteiger partial charge in [0.15, 0.2) is 0 Å². The van der Waals surface area contributed by atoms with Gasteiger partial charge in [-0.25, -0.2) is 0 Å². The second-order valence-corrected chi connectivity index (χ2v) is 5.29. The molecule has 25 heavy (non-hydrogen) atoms. The maximum absolute atomic E-state index is 12.0. The predicted octanol–water partition coefficient (Wildman–Crippen LogP) is 2.84. The standard InChI is InChI=1S/C17H15N3O5/c1-11(21)19-17(14-8-3-4-9-15(14)24-2)25-16(18-19)12-6-5-7-13(10-12)20(22)23/h3-10,17H,1-2H3/t17-/m0/s1. The van der Waals surface area contributed by atoms with Gasteiger partial charge in [-0.15, -0.1) is 5.10 Å². The minimum atomic E-state index is -0.803. The third kappa shape index (κ3) is 3.14. The zero-order chi connectivity index (χ0) is 18.0. The lowest BCUT2D eigenvalue weighted by Crippen LogP contribution is -2.25. The minimum absolute atomic E-state index is 0.0843. The summed E-state index contributed by atoms with van der Waals surface area (Å²) >= 11 is 0. The van der Waals surface area contributed by atoms with Crippen molar-refractivity contribution < 1.29 is 19.2 Å². The fourth-order valence-electron chi connectivity index (χ4n) is 2.51. The van der Waals surface area contributed by atoms with Crippen molar-refractivity contribution in [2.24, 2.45) is 5.10 Å². The molecule has 0 spiro atoms. The van der Waals surface area contributed by atoms with Gasteiger partial charge in [-0.05, 0) is 18.2 Å². The van der Waals surface area contributed by atoms with Crippen molar-refractivity contribution in [3.8, 4) is 5.75 Å². The van der Waals surface area contributed by atoms with E-state index in [1.165, 1.54) is 37.2 Å². The van der Waals surface area contributed by atoms with Crippen LogP contribution in [0, 0.1) is 10.1 Å². The number of non-ortho nitro benzene ring substituents is 1. The molecule has 8 nitrogen and oxygen atoms in total. The number of carbonyl (C=O) groups is 1. The van der Waals surface area contributed by atoms with Gasteiger partial charge in [0, 0.05) is 24.6 Å². The van der Waals surface area contributed by atoms with Crippen LogP contribution in [0.15, 0.2) is 53.6 Å². The summed E-state index contributed by atoms with van der Waals surface area (Å²) in [6.45, 7) is 1.37. The van der Waals surface area contributed by atoms with E-state index in [0.717, 1.165) is 0 Å². The van der Waals surface area contributed by atoms with Gasteiger partial charge in [0.2, 0.25) is 18.0 Å². The van der Waals surface area contributed by atoms with E-state index in [0.29, 0.717) is 16.9 Å². The summed E-state index contributed by atoms with van der Waals surface area (Å²) in [6, 6.07) is 13.0. The van der Waals surface area contributed by atoms with Gasteiger partial charge in [0.25, 0.3) is 5.69 Å².